The van der Waals surface area contributed by atoms with Crippen molar-refractivity contribution < 1.29 is 22.7 Å². The second-order valence-corrected chi connectivity index (χ2v) is 10.7. The molecule has 2 aliphatic rings. The summed E-state index contributed by atoms with van der Waals surface area (Å²) in [5.41, 5.74) is 2.18. The summed E-state index contributed by atoms with van der Waals surface area (Å²) in [6, 6.07) is 12.0. The van der Waals surface area contributed by atoms with Crippen LogP contribution in [-0.2, 0) is 25.8 Å². The van der Waals surface area contributed by atoms with Gasteiger partial charge in [-0.25, -0.2) is 8.42 Å². The van der Waals surface area contributed by atoms with Gasteiger partial charge in [0.1, 0.15) is 5.75 Å². The van der Waals surface area contributed by atoms with Crippen molar-refractivity contribution in [3.8, 4) is 5.75 Å². The average Bonchev–Trinajstić information content (AvgIpc) is 3.53. The summed E-state index contributed by atoms with van der Waals surface area (Å²) in [6.07, 6.45) is 2.34. The molecule has 2 amide bonds. The molecule has 2 aromatic carbocycles. The molecule has 1 aliphatic heterocycles. The molecule has 1 N–H and O–H groups in total. The second kappa shape index (κ2) is 8.94. The minimum absolute atomic E-state index is 0.121. The first kappa shape index (κ1) is 22.3. The Hall–Kier alpha value is -2.87. The number of hydrogen-bond acceptors (Lipinski definition) is 5. The predicted molar refractivity (Wildman–Crippen MR) is 123 cm³/mol. The summed E-state index contributed by atoms with van der Waals surface area (Å²) in [6.45, 7) is 4.44. The van der Waals surface area contributed by atoms with Crippen LogP contribution in [-0.4, -0.2) is 38.6 Å². The molecule has 1 aliphatic carbocycles. The number of rotatable bonds is 8. The van der Waals surface area contributed by atoms with E-state index < -0.39 is 21.0 Å². The molecule has 0 radical (unpaired) electrons. The van der Waals surface area contributed by atoms with Gasteiger partial charge < -0.3 is 15.0 Å². The molecule has 0 spiro atoms. The van der Waals surface area contributed by atoms with E-state index in [2.05, 4.69) is 5.32 Å². The van der Waals surface area contributed by atoms with Crippen LogP contribution in [0.2, 0.25) is 0 Å². The Morgan fingerprint density at radius 1 is 1.19 bits per heavy atom. The van der Waals surface area contributed by atoms with Crippen LogP contribution >= 0.6 is 0 Å². The number of ether oxygens (including phenoxy) is 1. The van der Waals surface area contributed by atoms with Gasteiger partial charge in [0.15, 0.2) is 9.84 Å². The molecule has 1 saturated carbocycles. The molecule has 170 valence electrons. The Morgan fingerprint density at radius 3 is 2.66 bits per heavy atom. The van der Waals surface area contributed by atoms with Crippen LogP contribution in [0.5, 0.6) is 5.75 Å². The highest BCUT2D eigenvalue weighted by atomic mass is 32.2. The van der Waals surface area contributed by atoms with E-state index in [1.165, 1.54) is 0 Å². The highest BCUT2D eigenvalue weighted by Crippen LogP contribution is 2.37. The molecule has 1 atom stereocenters. The van der Waals surface area contributed by atoms with Crippen LogP contribution in [0.15, 0.2) is 47.4 Å². The Kier molecular flexibility index (Phi) is 6.24. The van der Waals surface area contributed by atoms with Crippen LogP contribution < -0.4 is 15.0 Å². The molecule has 4 rings (SSSR count). The largest absolute Gasteiger partial charge is 0.492 e. The van der Waals surface area contributed by atoms with Crippen molar-refractivity contribution in [2.24, 2.45) is 5.92 Å². The highest BCUT2D eigenvalue weighted by Gasteiger charge is 2.37. The lowest BCUT2D eigenvalue weighted by Crippen LogP contribution is -2.30. The first-order valence-corrected chi connectivity index (χ1v) is 12.6. The standard InChI is InChI=1S/C24H28N2O5S/c1-3-31-22-7-5-4-6-20(22)25-23(27)14-16(2)32(29,30)19-10-11-21-18(15-19)12-13-26(21)24(28)17-8-9-17/h4-7,10-11,15-17H,3,8-9,12-14H2,1-2H3,(H,25,27). The Labute approximate surface area is 188 Å². The zero-order valence-electron chi connectivity index (χ0n) is 18.3. The van der Waals surface area contributed by atoms with Gasteiger partial charge in [-0.2, -0.15) is 0 Å². The Bertz CT molecular complexity index is 1140. The minimum Gasteiger partial charge on any atom is -0.492 e. The predicted octanol–water partition coefficient (Wildman–Crippen LogP) is 3.58. The Morgan fingerprint density at radius 2 is 1.94 bits per heavy atom. The van der Waals surface area contributed by atoms with Crippen LogP contribution in [0.3, 0.4) is 0 Å². The van der Waals surface area contributed by atoms with Gasteiger partial charge in [0.05, 0.1) is 22.4 Å². The van der Waals surface area contributed by atoms with Crippen molar-refractivity contribution in [3.05, 3.63) is 48.0 Å². The molecule has 0 bridgehead atoms. The monoisotopic (exact) mass is 456 g/mol. The molecule has 1 fully saturated rings. The molecule has 2 aromatic rings. The number of sulfone groups is 1. The van der Waals surface area contributed by atoms with Gasteiger partial charge in [0.2, 0.25) is 11.8 Å². The van der Waals surface area contributed by atoms with Crippen molar-refractivity contribution in [3.63, 3.8) is 0 Å². The van der Waals surface area contributed by atoms with Gasteiger partial charge >= 0.3 is 0 Å². The first-order chi connectivity index (χ1) is 15.3. The summed E-state index contributed by atoms with van der Waals surface area (Å²) in [7, 11) is -3.71. The van der Waals surface area contributed by atoms with Crippen LogP contribution in [0, 0.1) is 5.92 Å². The van der Waals surface area contributed by atoms with E-state index in [4.69, 9.17) is 4.74 Å². The number of anilines is 2. The molecule has 0 saturated heterocycles. The first-order valence-electron chi connectivity index (χ1n) is 11.0. The number of benzene rings is 2. The maximum atomic E-state index is 13.1. The number of amides is 2. The molecule has 1 heterocycles. The maximum absolute atomic E-state index is 13.1. The normalized spacial score (nSPS) is 16.4. The summed E-state index contributed by atoms with van der Waals surface area (Å²) in [5, 5.41) is 1.86. The fraction of sp³-hybridized carbons (Fsp3) is 0.417. The van der Waals surface area contributed by atoms with Crippen molar-refractivity contribution in [2.45, 2.75) is 49.7 Å². The van der Waals surface area contributed by atoms with E-state index in [0.29, 0.717) is 31.0 Å². The summed E-state index contributed by atoms with van der Waals surface area (Å²) >= 11 is 0. The van der Waals surface area contributed by atoms with Crippen LogP contribution in [0.4, 0.5) is 11.4 Å². The molecule has 0 aromatic heterocycles. The highest BCUT2D eigenvalue weighted by molar-refractivity contribution is 7.92. The zero-order valence-corrected chi connectivity index (χ0v) is 19.2. The summed E-state index contributed by atoms with van der Waals surface area (Å²) in [4.78, 5) is 27.0. The lowest BCUT2D eigenvalue weighted by molar-refractivity contribution is -0.119. The Balaban J connectivity index is 1.45. The number of nitrogens with zero attached hydrogens (tertiary/aromatic N) is 1. The lowest BCUT2D eigenvalue weighted by Gasteiger charge is -2.18. The van der Waals surface area contributed by atoms with E-state index in [1.54, 1.807) is 54.3 Å². The van der Waals surface area contributed by atoms with Gasteiger partial charge in [0.25, 0.3) is 0 Å². The quantitative estimate of drug-likeness (QED) is 0.656. The molecule has 1 unspecified atom stereocenters. The number of hydrogen-bond donors (Lipinski definition) is 1. The van der Waals surface area contributed by atoms with E-state index in [-0.39, 0.29) is 23.1 Å². The summed E-state index contributed by atoms with van der Waals surface area (Å²) < 4.78 is 31.8. The van der Waals surface area contributed by atoms with Gasteiger partial charge in [-0.1, -0.05) is 12.1 Å². The fourth-order valence-electron chi connectivity index (χ4n) is 3.99. The summed E-state index contributed by atoms with van der Waals surface area (Å²) in [5.74, 6) is 0.408. The number of para-hydroxylation sites is 2. The SMILES string of the molecule is CCOc1ccccc1NC(=O)CC(C)S(=O)(=O)c1ccc2c(c1)CCN2C(=O)C1CC1. The van der Waals surface area contributed by atoms with E-state index >= 15 is 0 Å². The lowest BCUT2D eigenvalue weighted by atomic mass is 10.2. The van der Waals surface area contributed by atoms with Crippen molar-refractivity contribution in [1.82, 2.24) is 0 Å². The van der Waals surface area contributed by atoms with Gasteiger partial charge in [-0.05, 0) is 69.0 Å². The minimum atomic E-state index is -3.71. The van der Waals surface area contributed by atoms with E-state index in [0.717, 1.165) is 24.1 Å². The molecular weight excluding hydrogens is 428 g/mol. The van der Waals surface area contributed by atoms with E-state index in [9.17, 15) is 18.0 Å². The topological polar surface area (TPSA) is 92.8 Å². The third-order valence-electron chi connectivity index (χ3n) is 5.93. The van der Waals surface area contributed by atoms with Gasteiger partial charge in [0, 0.05) is 24.6 Å². The second-order valence-electron chi connectivity index (χ2n) is 8.34. The van der Waals surface area contributed by atoms with Crippen LogP contribution in [0.1, 0.15) is 38.7 Å². The zero-order chi connectivity index (χ0) is 22.9. The number of fused-ring (bicyclic) bond motifs is 1. The fourth-order valence-corrected chi connectivity index (χ4v) is 5.39. The smallest absolute Gasteiger partial charge is 0.230 e. The van der Waals surface area contributed by atoms with Crippen molar-refractivity contribution >= 4 is 33.0 Å². The molecular formula is C24H28N2O5S. The number of carbonyl (C=O) groups is 2. The van der Waals surface area contributed by atoms with E-state index in [1.807, 2.05) is 6.92 Å². The molecule has 7 nitrogen and oxygen atoms in total. The van der Waals surface area contributed by atoms with Gasteiger partial charge in [-0.3, -0.25) is 9.59 Å². The van der Waals surface area contributed by atoms with Crippen molar-refractivity contribution in [1.29, 1.82) is 0 Å². The maximum Gasteiger partial charge on any atom is 0.230 e. The third-order valence-corrected chi connectivity index (χ3v) is 8.07. The van der Waals surface area contributed by atoms with Crippen LogP contribution in [0.25, 0.3) is 0 Å². The molecule has 8 heteroatoms. The van der Waals surface area contributed by atoms with Crippen molar-refractivity contribution in [2.75, 3.05) is 23.4 Å². The average molecular weight is 457 g/mol. The number of nitrogens with one attached hydrogen (secondary N) is 1. The number of carbonyl (C=O) groups excluding carboxylic acids is 2. The van der Waals surface area contributed by atoms with Gasteiger partial charge in [-0.15, -0.1) is 0 Å². The molecule has 32 heavy (non-hydrogen) atoms. The third kappa shape index (κ3) is 4.50.